The molecule has 4 nitrogen and oxygen atoms in total. The van der Waals surface area contributed by atoms with Crippen LogP contribution in [0.1, 0.15) is 6.92 Å². The summed E-state index contributed by atoms with van der Waals surface area (Å²) >= 11 is 3.25. The van der Waals surface area contributed by atoms with Crippen LogP contribution in [0.15, 0.2) is 28.7 Å². The van der Waals surface area contributed by atoms with E-state index < -0.39 is 11.6 Å². The van der Waals surface area contributed by atoms with Crippen LogP contribution in [0.25, 0.3) is 0 Å². The smallest absolute Gasteiger partial charge is 0.339 e. The van der Waals surface area contributed by atoms with Crippen LogP contribution in [0.2, 0.25) is 0 Å². The molecule has 0 fully saturated rings. The fourth-order valence-electron chi connectivity index (χ4n) is 0.842. The van der Waals surface area contributed by atoms with E-state index in [1.165, 1.54) is 6.92 Å². The van der Waals surface area contributed by atoms with Crippen LogP contribution < -0.4 is 4.74 Å². The monoisotopic (exact) mass is 274 g/mol. The van der Waals surface area contributed by atoms with Gasteiger partial charge in [-0.05, 0) is 25.1 Å². The molecule has 0 aliphatic rings. The highest BCUT2D eigenvalue weighted by Gasteiger charge is 2.30. The Morgan fingerprint density at radius 3 is 2.80 bits per heavy atom. The minimum absolute atomic E-state index is 0.293. The molecule has 1 atom stereocenters. The molecule has 0 heterocycles. The standard InChI is InChI=1S/C10H11BrO4/c1-10(14,9(12)13)6-15-8-4-2-3-7(11)5-8/h2-5,14H,6H2,1H3,(H,12,13). The fraction of sp³-hybridized carbons (Fsp3) is 0.300. The average molecular weight is 275 g/mol. The van der Waals surface area contributed by atoms with Gasteiger partial charge >= 0.3 is 5.97 Å². The van der Waals surface area contributed by atoms with Gasteiger partial charge < -0.3 is 14.9 Å². The SMILES string of the molecule is CC(O)(COc1cccc(Br)c1)C(=O)O. The van der Waals surface area contributed by atoms with Gasteiger partial charge in [0.25, 0.3) is 0 Å². The number of ether oxygens (including phenoxy) is 1. The minimum atomic E-state index is -1.87. The zero-order chi connectivity index (χ0) is 11.5. The summed E-state index contributed by atoms with van der Waals surface area (Å²) in [6, 6.07) is 6.96. The molecule has 5 heteroatoms. The maximum atomic E-state index is 10.6. The van der Waals surface area contributed by atoms with Crippen molar-refractivity contribution >= 4 is 21.9 Å². The van der Waals surface area contributed by atoms with E-state index in [0.29, 0.717) is 5.75 Å². The number of carboxylic acid groups (broad SMARTS) is 1. The normalized spacial score (nSPS) is 14.3. The molecule has 0 saturated carbocycles. The second-order valence-electron chi connectivity index (χ2n) is 3.33. The second-order valence-corrected chi connectivity index (χ2v) is 4.24. The fourth-order valence-corrected chi connectivity index (χ4v) is 1.22. The molecular formula is C10H11BrO4. The predicted molar refractivity (Wildman–Crippen MR) is 57.9 cm³/mol. The lowest BCUT2D eigenvalue weighted by molar-refractivity contribution is -0.159. The highest BCUT2D eigenvalue weighted by atomic mass is 79.9. The third-order valence-corrected chi connectivity index (χ3v) is 2.27. The summed E-state index contributed by atoms with van der Waals surface area (Å²) in [6.45, 7) is 0.895. The first-order chi connectivity index (χ1) is 6.92. The molecule has 15 heavy (non-hydrogen) atoms. The van der Waals surface area contributed by atoms with Gasteiger partial charge in [-0.1, -0.05) is 22.0 Å². The first-order valence-electron chi connectivity index (χ1n) is 4.26. The van der Waals surface area contributed by atoms with E-state index in [9.17, 15) is 9.90 Å². The number of carboxylic acids is 1. The molecule has 0 aliphatic carbocycles. The van der Waals surface area contributed by atoms with Gasteiger partial charge in [0, 0.05) is 4.47 Å². The summed E-state index contributed by atoms with van der Waals surface area (Å²) in [6.07, 6.45) is 0. The lowest BCUT2D eigenvalue weighted by Crippen LogP contribution is -2.41. The number of carbonyl (C=O) groups is 1. The summed E-state index contributed by atoms with van der Waals surface area (Å²) < 4.78 is 5.98. The van der Waals surface area contributed by atoms with Crippen molar-refractivity contribution in [3.8, 4) is 5.75 Å². The Hall–Kier alpha value is -1.07. The topological polar surface area (TPSA) is 66.8 Å². The Labute approximate surface area is 95.6 Å². The van der Waals surface area contributed by atoms with E-state index in [4.69, 9.17) is 9.84 Å². The van der Waals surface area contributed by atoms with Crippen LogP contribution in [-0.4, -0.2) is 28.4 Å². The molecule has 1 rings (SSSR count). The third-order valence-electron chi connectivity index (χ3n) is 1.78. The second kappa shape index (κ2) is 4.63. The first-order valence-corrected chi connectivity index (χ1v) is 5.05. The molecule has 0 bridgehead atoms. The Balaban J connectivity index is 2.61. The van der Waals surface area contributed by atoms with Crippen LogP contribution in [0.5, 0.6) is 5.75 Å². The lowest BCUT2D eigenvalue weighted by Gasteiger charge is -2.18. The molecule has 0 aliphatic heterocycles. The van der Waals surface area contributed by atoms with E-state index in [1.807, 2.05) is 6.07 Å². The van der Waals surface area contributed by atoms with Crippen molar-refractivity contribution in [1.29, 1.82) is 0 Å². The molecule has 1 aromatic rings. The molecule has 0 saturated heterocycles. The zero-order valence-corrected chi connectivity index (χ0v) is 9.69. The first kappa shape index (κ1) is 12.0. The summed E-state index contributed by atoms with van der Waals surface area (Å²) in [5.41, 5.74) is -1.87. The van der Waals surface area contributed by atoms with E-state index in [2.05, 4.69) is 15.9 Å². The maximum Gasteiger partial charge on any atom is 0.339 e. The number of rotatable bonds is 4. The third kappa shape index (κ3) is 3.53. The maximum absolute atomic E-state index is 10.6. The Bertz CT molecular complexity index is 362. The van der Waals surface area contributed by atoms with Gasteiger partial charge in [0.15, 0.2) is 5.60 Å². The van der Waals surface area contributed by atoms with Crippen LogP contribution in [0.3, 0.4) is 0 Å². The molecule has 1 aromatic carbocycles. The Morgan fingerprint density at radius 2 is 2.27 bits per heavy atom. The summed E-state index contributed by atoms with van der Waals surface area (Å²) in [7, 11) is 0. The highest BCUT2D eigenvalue weighted by Crippen LogP contribution is 2.18. The highest BCUT2D eigenvalue weighted by molar-refractivity contribution is 9.10. The number of hydrogen-bond acceptors (Lipinski definition) is 3. The van der Waals surface area contributed by atoms with Crippen molar-refractivity contribution in [3.63, 3.8) is 0 Å². The molecule has 82 valence electrons. The van der Waals surface area contributed by atoms with Gasteiger partial charge in [0.05, 0.1) is 0 Å². The largest absolute Gasteiger partial charge is 0.490 e. The molecule has 1 unspecified atom stereocenters. The number of hydrogen-bond donors (Lipinski definition) is 2. The number of benzene rings is 1. The van der Waals surface area contributed by atoms with Crippen molar-refractivity contribution in [2.75, 3.05) is 6.61 Å². The molecule has 0 aromatic heterocycles. The number of aliphatic hydroxyl groups is 1. The Morgan fingerprint density at radius 1 is 1.60 bits per heavy atom. The predicted octanol–water partition coefficient (Wildman–Crippen LogP) is 1.66. The van der Waals surface area contributed by atoms with Crippen LogP contribution in [0.4, 0.5) is 0 Å². The van der Waals surface area contributed by atoms with Crippen LogP contribution in [0, 0.1) is 0 Å². The van der Waals surface area contributed by atoms with Gasteiger partial charge in [-0.3, -0.25) is 0 Å². The number of aliphatic carboxylic acids is 1. The molecule has 0 radical (unpaired) electrons. The van der Waals surface area contributed by atoms with Crippen LogP contribution >= 0.6 is 15.9 Å². The molecule has 0 amide bonds. The van der Waals surface area contributed by atoms with Gasteiger partial charge in [0.2, 0.25) is 0 Å². The zero-order valence-electron chi connectivity index (χ0n) is 8.11. The van der Waals surface area contributed by atoms with Crippen molar-refractivity contribution in [3.05, 3.63) is 28.7 Å². The molecule has 2 N–H and O–H groups in total. The molecule has 0 spiro atoms. The average Bonchev–Trinajstić information content (AvgIpc) is 2.15. The molecular weight excluding hydrogens is 264 g/mol. The minimum Gasteiger partial charge on any atom is -0.490 e. The number of halogens is 1. The quantitative estimate of drug-likeness (QED) is 0.877. The van der Waals surface area contributed by atoms with Crippen molar-refractivity contribution in [1.82, 2.24) is 0 Å². The lowest BCUT2D eigenvalue weighted by atomic mass is 10.1. The summed E-state index contributed by atoms with van der Waals surface area (Å²) in [4.78, 5) is 10.6. The van der Waals surface area contributed by atoms with Crippen molar-refractivity contribution in [2.24, 2.45) is 0 Å². The van der Waals surface area contributed by atoms with Gasteiger partial charge in [0.1, 0.15) is 12.4 Å². The summed E-state index contributed by atoms with van der Waals surface area (Å²) in [5.74, 6) is -0.802. The Kier molecular flexibility index (Phi) is 3.71. The van der Waals surface area contributed by atoms with E-state index in [-0.39, 0.29) is 6.61 Å². The van der Waals surface area contributed by atoms with Gasteiger partial charge in [-0.25, -0.2) is 4.79 Å². The van der Waals surface area contributed by atoms with E-state index in [1.54, 1.807) is 18.2 Å². The van der Waals surface area contributed by atoms with E-state index in [0.717, 1.165) is 4.47 Å². The van der Waals surface area contributed by atoms with Gasteiger partial charge in [-0.2, -0.15) is 0 Å². The summed E-state index contributed by atoms with van der Waals surface area (Å²) in [5, 5.41) is 18.0. The van der Waals surface area contributed by atoms with Crippen molar-refractivity contribution in [2.45, 2.75) is 12.5 Å². The van der Waals surface area contributed by atoms with Crippen LogP contribution in [-0.2, 0) is 4.79 Å². The van der Waals surface area contributed by atoms with Crippen molar-refractivity contribution < 1.29 is 19.7 Å². The van der Waals surface area contributed by atoms with Gasteiger partial charge in [-0.15, -0.1) is 0 Å². The van der Waals surface area contributed by atoms with E-state index >= 15 is 0 Å².